The van der Waals surface area contributed by atoms with Gasteiger partial charge in [0, 0.05) is 37.6 Å². The first-order valence-electron chi connectivity index (χ1n) is 9.08. The minimum absolute atomic E-state index is 0.0484. The third-order valence-corrected chi connectivity index (χ3v) is 5.13. The van der Waals surface area contributed by atoms with Crippen molar-refractivity contribution < 1.29 is 9.59 Å². The lowest BCUT2D eigenvalue weighted by atomic mass is 10.0. The number of fused-ring (bicyclic) bond motifs is 3. The zero-order chi connectivity index (χ0) is 18.1. The van der Waals surface area contributed by atoms with Crippen molar-refractivity contribution in [3.05, 3.63) is 53.9 Å². The van der Waals surface area contributed by atoms with Crippen LogP contribution < -0.4 is 15.1 Å². The highest BCUT2D eigenvalue weighted by Crippen LogP contribution is 2.40. The molecule has 0 spiro atoms. The Hall–Kier alpha value is -2.89. The third kappa shape index (κ3) is 2.81. The molecule has 1 saturated heterocycles. The van der Waals surface area contributed by atoms with Gasteiger partial charge in [0.05, 0.1) is 11.4 Å². The summed E-state index contributed by atoms with van der Waals surface area (Å²) in [6.45, 7) is 3.90. The first kappa shape index (κ1) is 16.6. The minimum Gasteiger partial charge on any atom is -0.358 e. The van der Waals surface area contributed by atoms with Crippen LogP contribution in [0.1, 0.15) is 35.7 Å². The van der Waals surface area contributed by atoms with Crippen LogP contribution in [0, 0.1) is 0 Å². The van der Waals surface area contributed by atoms with E-state index < -0.39 is 0 Å². The topological polar surface area (TPSA) is 65.5 Å². The van der Waals surface area contributed by atoms with Gasteiger partial charge in [-0.15, -0.1) is 0 Å². The second-order valence-corrected chi connectivity index (χ2v) is 6.68. The van der Waals surface area contributed by atoms with Gasteiger partial charge in [-0.3, -0.25) is 14.6 Å². The maximum absolute atomic E-state index is 12.8. The Morgan fingerprint density at radius 2 is 2.19 bits per heavy atom. The largest absolute Gasteiger partial charge is 0.358 e. The number of benzene rings is 1. The molecule has 1 atom stereocenters. The smallest absolute Gasteiger partial charge is 0.251 e. The lowest BCUT2D eigenvalue weighted by Crippen LogP contribution is -2.50. The van der Waals surface area contributed by atoms with E-state index in [0.717, 1.165) is 36.3 Å². The molecule has 6 heteroatoms. The molecule has 0 unspecified atom stereocenters. The van der Waals surface area contributed by atoms with Gasteiger partial charge >= 0.3 is 0 Å². The molecule has 3 heterocycles. The average Bonchev–Trinajstić information content (AvgIpc) is 3.17. The summed E-state index contributed by atoms with van der Waals surface area (Å²) in [5.74, 6) is -0.00545. The standard InChI is InChI=1S/C20H22N4O2/c1-2-23-18-11-15(19(25)22-13-14-5-3-9-21-12-14)7-8-16(18)24-10-4-6-17(24)20(23)26/h3,5,7-9,11-12,17H,2,4,6,10,13H2,1H3,(H,22,25)/t17-/m0/s1. The molecule has 1 aromatic heterocycles. The molecule has 2 aliphatic heterocycles. The van der Waals surface area contributed by atoms with Gasteiger partial charge in [0.25, 0.3) is 5.91 Å². The van der Waals surface area contributed by atoms with E-state index in [4.69, 9.17) is 0 Å². The monoisotopic (exact) mass is 350 g/mol. The fourth-order valence-corrected chi connectivity index (χ4v) is 3.85. The van der Waals surface area contributed by atoms with Crippen molar-refractivity contribution in [2.45, 2.75) is 32.4 Å². The number of carbonyl (C=O) groups excluding carboxylic acids is 2. The lowest BCUT2D eigenvalue weighted by Gasteiger charge is -2.39. The summed E-state index contributed by atoms with van der Waals surface area (Å²) >= 11 is 0. The second-order valence-electron chi connectivity index (χ2n) is 6.68. The van der Waals surface area contributed by atoms with Crippen LogP contribution >= 0.6 is 0 Å². The molecule has 26 heavy (non-hydrogen) atoms. The molecule has 6 nitrogen and oxygen atoms in total. The number of amides is 2. The molecule has 1 N–H and O–H groups in total. The molecular weight excluding hydrogens is 328 g/mol. The molecule has 1 aromatic carbocycles. The van der Waals surface area contributed by atoms with Crippen LogP contribution in [0.5, 0.6) is 0 Å². The zero-order valence-electron chi connectivity index (χ0n) is 14.8. The van der Waals surface area contributed by atoms with Crippen molar-refractivity contribution in [2.75, 3.05) is 22.9 Å². The molecule has 0 saturated carbocycles. The fraction of sp³-hybridized carbons (Fsp3) is 0.350. The van der Waals surface area contributed by atoms with E-state index >= 15 is 0 Å². The Kier molecular flexibility index (Phi) is 4.32. The Morgan fingerprint density at radius 1 is 1.31 bits per heavy atom. The van der Waals surface area contributed by atoms with Crippen LogP contribution in [-0.4, -0.2) is 35.9 Å². The average molecular weight is 350 g/mol. The molecule has 2 aliphatic rings. The first-order valence-corrected chi connectivity index (χ1v) is 9.08. The highest BCUT2D eigenvalue weighted by molar-refractivity contribution is 6.07. The van der Waals surface area contributed by atoms with Crippen LogP contribution in [0.3, 0.4) is 0 Å². The summed E-state index contributed by atoms with van der Waals surface area (Å²) < 4.78 is 0. The third-order valence-electron chi connectivity index (χ3n) is 5.13. The van der Waals surface area contributed by atoms with Crippen LogP contribution in [0.15, 0.2) is 42.7 Å². The molecule has 4 rings (SSSR count). The van der Waals surface area contributed by atoms with Gasteiger partial charge in [0.15, 0.2) is 0 Å². The molecule has 134 valence electrons. The highest BCUT2D eigenvalue weighted by atomic mass is 16.2. The quantitative estimate of drug-likeness (QED) is 0.919. The number of hydrogen-bond donors (Lipinski definition) is 1. The van der Waals surface area contributed by atoms with Crippen LogP contribution in [-0.2, 0) is 11.3 Å². The maximum Gasteiger partial charge on any atom is 0.251 e. The van der Waals surface area contributed by atoms with E-state index in [2.05, 4.69) is 15.2 Å². The van der Waals surface area contributed by atoms with Crippen molar-refractivity contribution >= 4 is 23.2 Å². The molecule has 2 amide bonds. The number of likely N-dealkylation sites (N-methyl/N-ethyl adjacent to an activating group) is 1. The predicted octanol–water partition coefficient (Wildman–Crippen LogP) is 2.35. The Bertz CT molecular complexity index is 837. The van der Waals surface area contributed by atoms with Gasteiger partial charge < -0.3 is 15.1 Å². The van der Waals surface area contributed by atoms with Crippen molar-refractivity contribution in [1.29, 1.82) is 0 Å². The van der Waals surface area contributed by atoms with Crippen molar-refractivity contribution in [3.8, 4) is 0 Å². The summed E-state index contributed by atoms with van der Waals surface area (Å²) in [5, 5.41) is 2.92. The van der Waals surface area contributed by atoms with E-state index in [1.807, 2.05) is 37.3 Å². The number of nitrogens with one attached hydrogen (secondary N) is 1. The zero-order valence-corrected chi connectivity index (χ0v) is 14.8. The number of pyridine rings is 1. The number of anilines is 2. The lowest BCUT2D eigenvalue weighted by molar-refractivity contribution is -0.119. The van der Waals surface area contributed by atoms with E-state index in [9.17, 15) is 9.59 Å². The Labute approximate surface area is 152 Å². The SMILES string of the molecule is CCN1C(=O)[C@@H]2CCCN2c2ccc(C(=O)NCc3cccnc3)cc21. The van der Waals surface area contributed by atoms with Gasteiger partial charge in [-0.1, -0.05) is 6.07 Å². The minimum atomic E-state index is -0.149. The fourth-order valence-electron chi connectivity index (χ4n) is 3.85. The number of nitrogens with zero attached hydrogens (tertiary/aromatic N) is 3. The van der Waals surface area contributed by atoms with Gasteiger partial charge in [-0.05, 0) is 49.6 Å². The molecule has 0 radical (unpaired) electrons. The number of hydrogen-bond acceptors (Lipinski definition) is 4. The van der Waals surface area contributed by atoms with E-state index in [1.54, 1.807) is 17.3 Å². The summed E-state index contributed by atoms with van der Waals surface area (Å²) in [7, 11) is 0. The van der Waals surface area contributed by atoms with E-state index in [0.29, 0.717) is 18.7 Å². The maximum atomic E-state index is 12.8. The predicted molar refractivity (Wildman–Crippen MR) is 100 cm³/mol. The highest BCUT2D eigenvalue weighted by Gasteiger charge is 2.40. The second kappa shape index (κ2) is 6.78. The van der Waals surface area contributed by atoms with Gasteiger partial charge in [-0.25, -0.2) is 0 Å². The van der Waals surface area contributed by atoms with Crippen molar-refractivity contribution in [2.24, 2.45) is 0 Å². The van der Waals surface area contributed by atoms with Gasteiger partial charge in [0.1, 0.15) is 6.04 Å². The summed E-state index contributed by atoms with van der Waals surface area (Å²) in [6, 6.07) is 9.37. The van der Waals surface area contributed by atoms with Gasteiger partial charge in [-0.2, -0.15) is 0 Å². The Balaban J connectivity index is 1.59. The van der Waals surface area contributed by atoms with Crippen LogP contribution in [0.4, 0.5) is 11.4 Å². The molecule has 1 fully saturated rings. The van der Waals surface area contributed by atoms with Crippen LogP contribution in [0.25, 0.3) is 0 Å². The number of aromatic nitrogens is 1. The van der Waals surface area contributed by atoms with E-state index in [1.165, 1.54) is 0 Å². The molecule has 0 bridgehead atoms. The summed E-state index contributed by atoms with van der Waals surface area (Å²) in [6.07, 6.45) is 5.37. The van der Waals surface area contributed by atoms with Crippen molar-refractivity contribution in [3.63, 3.8) is 0 Å². The molecular formula is C20H22N4O2. The number of carbonyl (C=O) groups is 2. The molecule has 2 aromatic rings. The Morgan fingerprint density at radius 3 is 2.96 bits per heavy atom. The molecule has 0 aliphatic carbocycles. The summed E-state index contributed by atoms with van der Waals surface area (Å²) in [5.41, 5.74) is 3.41. The first-order chi connectivity index (χ1) is 12.7. The van der Waals surface area contributed by atoms with Gasteiger partial charge in [0.2, 0.25) is 5.91 Å². The van der Waals surface area contributed by atoms with E-state index in [-0.39, 0.29) is 17.9 Å². The van der Waals surface area contributed by atoms with Crippen LogP contribution in [0.2, 0.25) is 0 Å². The number of rotatable bonds is 4. The normalized spacial score (nSPS) is 18.5. The van der Waals surface area contributed by atoms with Crippen molar-refractivity contribution in [1.82, 2.24) is 10.3 Å². The summed E-state index contributed by atoms with van der Waals surface area (Å²) in [4.78, 5) is 33.4.